The molecule has 0 atom stereocenters. The van der Waals surface area contributed by atoms with Gasteiger partial charge >= 0.3 is 0 Å². The van der Waals surface area contributed by atoms with E-state index in [9.17, 15) is 4.79 Å². The van der Waals surface area contributed by atoms with Crippen LogP contribution >= 0.6 is 0 Å². The summed E-state index contributed by atoms with van der Waals surface area (Å²) in [5.74, 6) is 2.99. The normalized spacial score (nSPS) is 10.5. The van der Waals surface area contributed by atoms with Crippen molar-refractivity contribution in [1.82, 2.24) is 0 Å². The van der Waals surface area contributed by atoms with E-state index in [4.69, 9.17) is 5.73 Å². The molecule has 0 radical (unpaired) electrons. The summed E-state index contributed by atoms with van der Waals surface area (Å²) in [4.78, 5) is 12.2. The van der Waals surface area contributed by atoms with Crippen molar-refractivity contribution < 1.29 is 4.79 Å². The smallest absolute Gasteiger partial charge is 0.255 e. The maximum Gasteiger partial charge on any atom is 0.255 e. The van der Waals surface area contributed by atoms with Crippen LogP contribution in [0.3, 0.4) is 0 Å². The molecule has 0 spiro atoms. The van der Waals surface area contributed by atoms with Gasteiger partial charge in [0.05, 0.1) is 11.4 Å². The number of benzene rings is 2. The Morgan fingerprint density at radius 3 is 2.27 bits per heavy atom. The zero-order chi connectivity index (χ0) is 16.2. The molecule has 22 heavy (non-hydrogen) atoms. The molecule has 0 bridgehead atoms. The van der Waals surface area contributed by atoms with Gasteiger partial charge in [0, 0.05) is 11.1 Å². The number of hydrogen-bond donors (Lipinski definition) is 2. The largest absolute Gasteiger partial charge is 0.397 e. The number of nitrogens with two attached hydrogens (primary N) is 1. The minimum absolute atomic E-state index is 0.178. The van der Waals surface area contributed by atoms with Gasteiger partial charge in [0.25, 0.3) is 5.91 Å². The van der Waals surface area contributed by atoms with Crippen LogP contribution in [-0.4, -0.2) is 14.0 Å². The Morgan fingerprint density at radius 1 is 1.05 bits per heavy atom. The molecule has 2 aromatic rings. The molecule has 112 valence electrons. The summed E-state index contributed by atoms with van der Waals surface area (Å²) in [5, 5.41) is 2.81. The van der Waals surface area contributed by atoms with Gasteiger partial charge in [0.2, 0.25) is 0 Å². The van der Waals surface area contributed by atoms with E-state index < -0.39 is 8.07 Å². The first-order valence-corrected chi connectivity index (χ1v) is 10.6. The van der Waals surface area contributed by atoms with Crippen molar-refractivity contribution in [3.63, 3.8) is 0 Å². The van der Waals surface area contributed by atoms with Gasteiger partial charge in [-0.2, -0.15) is 0 Å². The van der Waals surface area contributed by atoms with E-state index in [2.05, 4.69) is 36.4 Å². The third kappa shape index (κ3) is 4.50. The van der Waals surface area contributed by atoms with E-state index in [-0.39, 0.29) is 5.91 Å². The molecule has 0 saturated heterocycles. The van der Waals surface area contributed by atoms with Gasteiger partial charge in [-0.15, -0.1) is 5.54 Å². The Kier molecular flexibility index (Phi) is 4.69. The van der Waals surface area contributed by atoms with Crippen LogP contribution in [0.5, 0.6) is 0 Å². The minimum Gasteiger partial charge on any atom is -0.397 e. The van der Waals surface area contributed by atoms with Crippen molar-refractivity contribution in [3.05, 3.63) is 59.7 Å². The molecule has 0 saturated carbocycles. The number of amides is 1. The van der Waals surface area contributed by atoms with Crippen LogP contribution in [0.4, 0.5) is 11.4 Å². The van der Waals surface area contributed by atoms with Crippen LogP contribution in [0.15, 0.2) is 48.5 Å². The van der Waals surface area contributed by atoms with Crippen LogP contribution in [0.1, 0.15) is 15.9 Å². The third-order valence-corrected chi connectivity index (χ3v) is 3.81. The van der Waals surface area contributed by atoms with Crippen LogP contribution < -0.4 is 11.1 Å². The Balaban J connectivity index is 2.11. The molecule has 4 heteroatoms. The van der Waals surface area contributed by atoms with Crippen molar-refractivity contribution >= 4 is 25.4 Å². The standard InChI is InChI=1S/C18H20N2OSi/c1-22(2,3)13-12-14-8-10-15(11-9-14)18(21)20-17-7-5-4-6-16(17)19/h4-11H,19H2,1-3H3,(H,20,21). The molecule has 3 N–H and O–H groups in total. The molecule has 0 aliphatic carbocycles. The maximum atomic E-state index is 12.2. The van der Waals surface area contributed by atoms with Gasteiger partial charge in [-0.05, 0) is 36.4 Å². The average molecular weight is 308 g/mol. The monoisotopic (exact) mass is 308 g/mol. The molecule has 0 aromatic heterocycles. The zero-order valence-corrected chi connectivity index (χ0v) is 14.1. The van der Waals surface area contributed by atoms with Crippen LogP contribution in [0.2, 0.25) is 19.6 Å². The first kappa shape index (κ1) is 15.9. The fourth-order valence-electron chi connectivity index (χ4n) is 1.77. The lowest BCUT2D eigenvalue weighted by molar-refractivity contribution is 0.102. The van der Waals surface area contributed by atoms with Crippen molar-refractivity contribution in [2.75, 3.05) is 11.1 Å². The van der Waals surface area contributed by atoms with E-state index in [0.29, 0.717) is 16.9 Å². The SMILES string of the molecule is C[Si](C)(C)C#Cc1ccc(C(=O)Nc2ccccc2N)cc1. The lowest BCUT2D eigenvalue weighted by Crippen LogP contribution is -2.16. The Morgan fingerprint density at radius 2 is 1.68 bits per heavy atom. The number of carbonyl (C=O) groups is 1. The first-order chi connectivity index (χ1) is 10.3. The zero-order valence-electron chi connectivity index (χ0n) is 13.1. The van der Waals surface area contributed by atoms with Crippen LogP contribution in [0.25, 0.3) is 0 Å². The van der Waals surface area contributed by atoms with Crippen molar-refractivity contribution in [2.24, 2.45) is 0 Å². The molecule has 0 aliphatic heterocycles. The molecule has 1 amide bonds. The fourth-order valence-corrected chi connectivity index (χ4v) is 2.29. The summed E-state index contributed by atoms with van der Waals surface area (Å²) >= 11 is 0. The molecular formula is C18H20N2OSi. The summed E-state index contributed by atoms with van der Waals surface area (Å²) in [7, 11) is -1.39. The van der Waals surface area contributed by atoms with Crippen molar-refractivity contribution in [3.8, 4) is 11.5 Å². The molecule has 3 nitrogen and oxygen atoms in total. The molecule has 0 fully saturated rings. The van der Waals surface area contributed by atoms with Gasteiger partial charge in [-0.3, -0.25) is 4.79 Å². The van der Waals surface area contributed by atoms with Crippen LogP contribution in [-0.2, 0) is 0 Å². The van der Waals surface area contributed by atoms with E-state index in [0.717, 1.165) is 5.56 Å². The number of para-hydroxylation sites is 2. The van der Waals surface area contributed by atoms with Gasteiger partial charge in [-0.1, -0.05) is 37.7 Å². The second-order valence-corrected chi connectivity index (χ2v) is 10.9. The lowest BCUT2D eigenvalue weighted by Gasteiger charge is -2.08. The highest BCUT2D eigenvalue weighted by atomic mass is 28.3. The van der Waals surface area contributed by atoms with Gasteiger partial charge in [0.1, 0.15) is 8.07 Å². The number of nitrogens with one attached hydrogen (secondary N) is 1. The van der Waals surface area contributed by atoms with Gasteiger partial charge in [-0.25, -0.2) is 0 Å². The number of rotatable bonds is 2. The molecule has 0 unspecified atom stereocenters. The molecular weight excluding hydrogens is 288 g/mol. The second-order valence-electron chi connectivity index (χ2n) is 6.12. The minimum atomic E-state index is -1.39. The Labute approximate surface area is 132 Å². The van der Waals surface area contributed by atoms with E-state index in [1.807, 2.05) is 24.3 Å². The van der Waals surface area contributed by atoms with Crippen molar-refractivity contribution in [2.45, 2.75) is 19.6 Å². The first-order valence-electron chi connectivity index (χ1n) is 7.14. The predicted molar refractivity (Wildman–Crippen MR) is 95.5 cm³/mol. The summed E-state index contributed by atoms with van der Waals surface area (Å²) in [6, 6.07) is 14.5. The second kappa shape index (κ2) is 6.50. The molecule has 0 aliphatic rings. The number of anilines is 2. The average Bonchev–Trinajstić information content (AvgIpc) is 2.47. The maximum absolute atomic E-state index is 12.2. The number of carbonyl (C=O) groups excluding carboxylic acids is 1. The Hall–Kier alpha value is -2.51. The highest BCUT2D eigenvalue weighted by molar-refractivity contribution is 6.83. The van der Waals surface area contributed by atoms with E-state index >= 15 is 0 Å². The van der Waals surface area contributed by atoms with E-state index in [1.54, 1.807) is 24.3 Å². The summed E-state index contributed by atoms with van der Waals surface area (Å²) in [6.07, 6.45) is 0. The Bertz CT molecular complexity index is 734. The summed E-state index contributed by atoms with van der Waals surface area (Å²) in [5.41, 5.74) is 11.8. The number of hydrogen-bond acceptors (Lipinski definition) is 2. The summed E-state index contributed by atoms with van der Waals surface area (Å²) < 4.78 is 0. The fraction of sp³-hybridized carbons (Fsp3) is 0.167. The molecule has 2 rings (SSSR count). The summed E-state index contributed by atoms with van der Waals surface area (Å²) in [6.45, 7) is 6.60. The quantitative estimate of drug-likeness (QED) is 0.504. The predicted octanol–water partition coefficient (Wildman–Crippen LogP) is 3.75. The lowest BCUT2D eigenvalue weighted by atomic mass is 10.1. The third-order valence-electron chi connectivity index (χ3n) is 2.94. The van der Waals surface area contributed by atoms with Gasteiger partial charge < -0.3 is 11.1 Å². The van der Waals surface area contributed by atoms with Crippen molar-refractivity contribution in [1.29, 1.82) is 0 Å². The highest BCUT2D eigenvalue weighted by Gasteiger charge is 2.09. The van der Waals surface area contributed by atoms with E-state index in [1.165, 1.54) is 0 Å². The highest BCUT2D eigenvalue weighted by Crippen LogP contribution is 2.18. The molecule has 2 aromatic carbocycles. The topological polar surface area (TPSA) is 55.1 Å². The van der Waals surface area contributed by atoms with Crippen LogP contribution in [0, 0.1) is 11.5 Å². The molecule has 0 heterocycles. The number of nitrogen functional groups attached to an aromatic ring is 1. The van der Waals surface area contributed by atoms with Gasteiger partial charge in [0.15, 0.2) is 0 Å².